The monoisotopic (exact) mass is 689 g/mol. The highest BCUT2D eigenvalue weighted by Crippen LogP contribution is 2.35. The van der Waals surface area contributed by atoms with Gasteiger partial charge in [-0.05, 0) is 100 Å². The smallest absolute Gasteiger partial charge is 0.259 e. The van der Waals surface area contributed by atoms with Gasteiger partial charge in [0.2, 0.25) is 0 Å². The number of carbonyl (C=O) groups is 1. The summed E-state index contributed by atoms with van der Waals surface area (Å²) in [6.45, 7) is 2.84. The average Bonchev–Trinajstić information content (AvgIpc) is 2.79. The van der Waals surface area contributed by atoms with Gasteiger partial charge >= 0.3 is 0 Å². The molecule has 33 heavy (non-hydrogen) atoms. The molecule has 0 aliphatic rings. The van der Waals surface area contributed by atoms with E-state index in [4.69, 9.17) is 21.1 Å². The molecule has 1 amide bonds. The van der Waals surface area contributed by atoms with Gasteiger partial charge in [0.05, 0.1) is 22.9 Å². The third-order valence-corrected chi connectivity index (χ3v) is 6.25. The minimum Gasteiger partial charge on any atom is -0.490 e. The molecule has 0 aromatic heterocycles. The van der Waals surface area contributed by atoms with Gasteiger partial charge < -0.3 is 14.8 Å². The van der Waals surface area contributed by atoms with Gasteiger partial charge in [-0.25, -0.2) is 5.43 Å². The van der Waals surface area contributed by atoms with Crippen LogP contribution >= 0.6 is 56.8 Å². The van der Waals surface area contributed by atoms with Crippen LogP contribution in [0.15, 0.2) is 65.8 Å². The van der Waals surface area contributed by atoms with E-state index in [-0.39, 0.29) is 12.5 Å². The van der Waals surface area contributed by atoms with Crippen LogP contribution in [0.1, 0.15) is 18.1 Å². The van der Waals surface area contributed by atoms with E-state index >= 15 is 0 Å². The van der Waals surface area contributed by atoms with E-state index in [1.165, 1.54) is 0 Å². The third-order valence-electron chi connectivity index (χ3n) is 4.36. The van der Waals surface area contributed by atoms with Crippen molar-refractivity contribution in [2.75, 3.05) is 18.5 Å². The summed E-state index contributed by atoms with van der Waals surface area (Å²) in [7, 11) is 0. The van der Waals surface area contributed by atoms with Gasteiger partial charge in [0, 0.05) is 19.8 Å². The molecule has 3 aromatic rings. The van der Waals surface area contributed by atoms with Crippen LogP contribution in [0.3, 0.4) is 0 Å². The fourth-order valence-electron chi connectivity index (χ4n) is 2.80. The molecule has 3 aromatic carbocycles. The highest BCUT2D eigenvalue weighted by molar-refractivity contribution is 14.1. The lowest BCUT2D eigenvalue weighted by Crippen LogP contribution is -2.25. The van der Waals surface area contributed by atoms with Crippen LogP contribution < -0.4 is 20.2 Å². The number of hydrogen-bond acceptors (Lipinski definition) is 5. The van der Waals surface area contributed by atoms with Crippen LogP contribution in [-0.2, 0) is 11.4 Å². The average molecular weight is 690 g/mol. The number of anilines is 1. The Balaban J connectivity index is 1.61. The Bertz CT molecular complexity index is 1120. The molecule has 0 saturated heterocycles. The van der Waals surface area contributed by atoms with Crippen molar-refractivity contribution in [3.8, 4) is 11.5 Å². The molecule has 0 fully saturated rings. The normalized spacial score (nSPS) is 10.8. The van der Waals surface area contributed by atoms with Crippen LogP contribution in [-0.4, -0.2) is 25.3 Å². The number of ether oxygens (including phenoxy) is 2. The molecule has 172 valence electrons. The molecule has 0 saturated carbocycles. The zero-order chi connectivity index (χ0) is 23.6. The van der Waals surface area contributed by atoms with E-state index in [1.54, 1.807) is 6.21 Å². The molecule has 0 atom stereocenters. The maximum absolute atomic E-state index is 12.1. The second kappa shape index (κ2) is 13.0. The molecule has 2 N–H and O–H groups in total. The lowest BCUT2D eigenvalue weighted by molar-refractivity contribution is -0.119. The Morgan fingerprint density at radius 1 is 1.09 bits per heavy atom. The predicted octanol–water partition coefficient (Wildman–Crippen LogP) is 6.09. The zero-order valence-corrected chi connectivity index (χ0v) is 22.8. The van der Waals surface area contributed by atoms with Crippen LogP contribution in [0.5, 0.6) is 11.5 Å². The molecule has 0 radical (unpaired) electrons. The number of amides is 1. The van der Waals surface area contributed by atoms with Crippen molar-refractivity contribution in [1.29, 1.82) is 0 Å². The van der Waals surface area contributed by atoms with Crippen molar-refractivity contribution < 1.29 is 14.3 Å². The lowest BCUT2D eigenvalue weighted by Gasteiger charge is -2.15. The van der Waals surface area contributed by atoms with Crippen molar-refractivity contribution in [1.82, 2.24) is 5.43 Å². The SMILES string of the molecule is CCOc1cc(/C=N\NC(=O)CNc2ccc(I)cc2)cc(I)c1OCc1ccccc1Cl. The number of carbonyl (C=O) groups excluding carboxylic acids is 1. The Kier molecular flexibility index (Phi) is 10.1. The fourth-order valence-corrected chi connectivity index (χ4v) is 4.13. The van der Waals surface area contributed by atoms with Gasteiger partial charge in [-0.3, -0.25) is 4.79 Å². The predicted molar refractivity (Wildman–Crippen MR) is 149 cm³/mol. The first kappa shape index (κ1) is 25.6. The van der Waals surface area contributed by atoms with Gasteiger partial charge in [-0.1, -0.05) is 29.8 Å². The summed E-state index contributed by atoms with van der Waals surface area (Å²) in [6, 6.07) is 19.1. The number of halogens is 3. The van der Waals surface area contributed by atoms with E-state index in [9.17, 15) is 4.79 Å². The number of rotatable bonds is 10. The van der Waals surface area contributed by atoms with Crippen molar-refractivity contribution in [3.63, 3.8) is 0 Å². The number of benzene rings is 3. The van der Waals surface area contributed by atoms with Gasteiger partial charge in [-0.2, -0.15) is 5.10 Å². The molecule has 0 spiro atoms. The first-order valence-corrected chi connectivity index (χ1v) is 12.6. The number of hydrogen-bond donors (Lipinski definition) is 2. The van der Waals surface area contributed by atoms with E-state index in [0.29, 0.717) is 29.7 Å². The highest BCUT2D eigenvalue weighted by Gasteiger charge is 2.13. The van der Waals surface area contributed by atoms with Crippen LogP contribution in [0, 0.1) is 7.14 Å². The second-order valence-corrected chi connectivity index (χ2v) is 9.61. The van der Waals surface area contributed by atoms with Crippen LogP contribution in [0.2, 0.25) is 5.02 Å². The first-order chi connectivity index (χ1) is 16.0. The largest absolute Gasteiger partial charge is 0.490 e. The summed E-state index contributed by atoms with van der Waals surface area (Å²) < 4.78 is 13.8. The van der Waals surface area contributed by atoms with E-state index < -0.39 is 0 Å². The molecular formula is C24H22ClI2N3O3. The topological polar surface area (TPSA) is 72.0 Å². The summed E-state index contributed by atoms with van der Waals surface area (Å²) in [5.74, 6) is 0.995. The van der Waals surface area contributed by atoms with Gasteiger partial charge in [0.1, 0.15) is 6.61 Å². The van der Waals surface area contributed by atoms with Crippen molar-refractivity contribution in [2.24, 2.45) is 5.10 Å². The van der Waals surface area contributed by atoms with Crippen molar-refractivity contribution >= 4 is 74.6 Å². The van der Waals surface area contributed by atoms with E-state index in [1.807, 2.05) is 67.6 Å². The summed E-state index contributed by atoms with van der Waals surface area (Å²) in [6.07, 6.45) is 1.57. The van der Waals surface area contributed by atoms with Crippen LogP contribution in [0.4, 0.5) is 5.69 Å². The maximum atomic E-state index is 12.1. The summed E-state index contributed by atoms with van der Waals surface area (Å²) in [5, 5.41) is 7.77. The first-order valence-electron chi connectivity index (χ1n) is 10.1. The summed E-state index contributed by atoms with van der Waals surface area (Å²) >= 11 is 10.7. The summed E-state index contributed by atoms with van der Waals surface area (Å²) in [4.78, 5) is 12.1. The minimum atomic E-state index is -0.246. The van der Waals surface area contributed by atoms with Gasteiger partial charge in [0.15, 0.2) is 11.5 Å². The molecule has 3 rings (SSSR count). The Labute approximate surface area is 225 Å². The van der Waals surface area contributed by atoms with Crippen molar-refractivity contribution in [3.05, 3.63) is 84.0 Å². The number of nitrogens with one attached hydrogen (secondary N) is 2. The Hall–Kier alpha value is -2.05. The number of hydrazone groups is 1. The molecule has 0 aliphatic carbocycles. The minimum absolute atomic E-state index is 0.120. The molecule has 0 aliphatic heterocycles. The maximum Gasteiger partial charge on any atom is 0.259 e. The highest BCUT2D eigenvalue weighted by atomic mass is 127. The van der Waals surface area contributed by atoms with Gasteiger partial charge in [0.25, 0.3) is 5.91 Å². The Morgan fingerprint density at radius 3 is 2.58 bits per heavy atom. The summed E-state index contributed by atoms with van der Waals surface area (Å²) in [5.41, 5.74) is 5.07. The molecule has 6 nitrogen and oxygen atoms in total. The van der Waals surface area contributed by atoms with Crippen LogP contribution in [0.25, 0.3) is 0 Å². The number of nitrogens with zero attached hydrogens (tertiary/aromatic N) is 1. The second-order valence-electron chi connectivity index (χ2n) is 6.80. The van der Waals surface area contributed by atoms with E-state index in [0.717, 1.165) is 24.0 Å². The quantitative estimate of drug-likeness (QED) is 0.154. The molecule has 0 bridgehead atoms. The molecule has 0 heterocycles. The van der Waals surface area contributed by atoms with Gasteiger partial charge in [-0.15, -0.1) is 0 Å². The lowest BCUT2D eigenvalue weighted by atomic mass is 10.2. The fraction of sp³-hybridized carbons (Fsp3) is 0.167. The zero-order valence-electron chi connectivity index (χ0n) is 17.8. The molecular weight excluding hydrogens is 668 g/mol. The molecule has 0 unspecified atom stereocenters. The third kappa shape index (κ3) is 8.04. The van der Waals surface area contributed by atoms with Crippen molar-refractivity contribution in [2.45, 2.75) is 13.5 Å². The van der Waals surface area contributed by atoms with E-state index in [2.05, 4.69) is 61.0 Å². The molecule has 9 heteroatoms. The Morgan fingerprint density at radius 2 is 1.85 bits per heavy atom. The standard InChI is InChI=1S/C24H22ClI2N3O3/c1-2-32-22-12-16(11-21(27)24(22)33-15-17-5-3-4-6-20(17)25)13-29-30-23(31)14-28-19-9-7-18(26)8-10-19/h3-13,28H,2,14-15H2,1H3,(H,30,31)/b29-13-.